The minimum atomic E-state index is -4.65. The van der Waals surface area contributed by atoms with E-state index < -0.39 is 18.1 Å². The molecule has 1 atom stereocenters. The average Bonchev–Trinajstić information content (AvgIpc) is 2.84. The molecule has 1 N–H and O–H groups in total. The number of carbonyl (C=O) groups excluding carboxylic acids is 1. The lowest BCUT2D eigenvalue weighted by atomic mass is 10.1. The fourth-order valence-electron chi connectivity index (χ4n) is 2.33. The number of hydrogen-bond donors (Lipinski definition) is 1. The molecule has 0 spiro atoms. The number of carbonyl (C=O) groups is 1. The summed E-state index contributed by atoms with van der Waals surface area (Å²) in [4.78, 5) is 16.0. The summed E-state index contributed by atoms with van der Waals surface area (Å²) in [7, 11) is 1.53. The summed E-state index contributed by atoms with van der Waals surface area (Å²) < 4.78 is 41.1. The molecule has 0 unspecified atom stereocenters. The molecule has 2 aromatic rings. The quantitative estimate of drug-likeness (QED) is 0.910. The number of nitrogens with zero attached hydrogens (tertiary/aromatic N) is 3. The van der Waals surface area contributed by atoms with Gasteiger partial charge in [0.25, 0.3) is 5.91 Å². The lowest BCUT2D eigenvalue weighted by Crippen LogP contribution is -2.39. The summed E-state index contributed by atoms with van der Waals surface area (Å²) in [6, 6.07) is 3.53. The van der Waals surface area contributed by atoms with Crippen molar-refractivity contribution in [1.29, 1.82) is 0 Å². The second kappa shape index (κ2) is 7.02. The van der Waals surface area contributed by atoms with Crippen molar-refractivity contribution in [3.05, 3.63) is 47.5 Å². The number of nitrogens with one attached hydrogen (secondary N) is 1. The fourth-order valence-corrected chi connectivity index (χ4v) is 2.33. The molecule has 8 heteroatoms. The first kappa shape index (κ1) is 18.0. The number of rotatable bonds is 5. The van der Waals surface area contributed by atoms with Gasteiger partial charge >= 0.3 is 6.18 Å². The topological polar surface area (TPSA) is 59.8 Å². The lowest BCUT2D eigenvalue weighted by Gasteiger charge is -2.21. The first-order chi connectivity index (χ1) is 11.2. The van der Waals surface area contributed by atoms with E-state index in [-0.39, 0.29) is 11.4 Å². The van der Waals surface area contributed by atoms with E-state index in [1.165, 1.54) is 42.2 Å². The molecule has 0 bridgehead atoms. The average molecular weight is 340 g/mol. The first-order valence-electron chi connectivity index (χ1n) is 7.50. The Morgan fingerprint density at radius 2 is 2.04 bits per heavy atom. The predicted octanol–water partition coefficient (Wildman–Crippen LogP) is 3.05. The minimum Gasteiger partial charge on any atom is -0.334 e. The summed E-state index contributed by atoms with van der Waals surface area (Å²) in [6.07, 6.45) is -2.75. The second-order valence-corrected chi connectivity index (χ2v) is 5.95. The minimum absolute atomic E-state index is 0.0795. The van der Waals surface area contributed by atoms with Crippen LogP contribution in [-0.4, -0.2) is 26.8 Å². The van der Waals surface area contributed by atoms with Gasteiger partial charge in [-0.2, -0.15) is 18.3 Å². The van der Waals surface area contributed by atoms with Crippen molar-refractivity contribution in [2.75, 3.05) is 0 Å². The Labute approximate surface area is 137 Å². The van der Waals surface area contributed by atoms with E-state index in [0.29, 0.717) is 18.0 Å². The largest absolute Gasteiger partial charge is 0.414 e. The van der Waals surface area contributed by atoms with Gasteiger partial charge in [0, 0.05) is 13.2 Å². The Kier molecular flexibility index (Phi) is 5.26. The van der Waals surface area contributed by atoms with Gasteiger partial charge in [0.2, 0.25) is 0 Å². The van der Waals surface area contributed by atoms with Gasteiger partial charge in [-0.25, -0.2) is 0 Å². The molecule has 130 valence electrons. The van der Waals surface area contributed by atoms with E-state index >= 15 is 0 Å². The standard InChI is InChI=1S/C16H19F3N4O/c1-10(2)8-11-9-13(23(3)22-11)15(24)21-14(16(17,18)19)12-6-4-5-7-20-12/h4-7,9-10,14H,8H2,1-3H3,(H,21,24)/t14-/m1/s1. The number of pyridine rings is 1. The third-order valence-electron chi connectivity index (χ3n) is 3.37. The van der Waals surface area contributed by atoms with E-state index in [9.17, 15) is 18.0 Å². The number of alkyl halides is 3. The maximum absolute atomic E-state index is 13.3. The number of halogens is 3. The molecule has 2 aromatic heterocycles. The van der Waals surface area contributed by atoms with Gasteiger partial charge in [0.15, 0.2) is 6.04 Å². The van der Waals surface area contributed by atoms with Crippen LogP contribution >= 0.6 is 0 Å². The van der Waals surface area contributed by atoms with Crippen LogP contribution in [0.2, 0.25) is 0 Å². The molecule has 0 saturated carbocycles. The maximum Gasteiger partial charge on any atom is 0.414 e. The summed E-state index contributed by atoms with van der Waals surface area (Å²) >= 11 is 0. The van der Waals surface area contributed by atoms with Crippen LogP contribution in [0.5, 0.6) is 0 Å². The molecule has 24 heavy (non-hydrogen) atoms. The monoisotopic (exact) mass is 340 g/mol. The van der Waals surface area contributed by atoms with Crippen LogP contribution < -0.4 is 5.32 Å². The van der Waals surface area contributed by atoms with Gasteiger partial charge in [-0.1, -0.05) is 19.9 Å². The van der Waals surface area contributed by atoms with Crippen molar-refractivity contribution >= 4 is 5.91 Å². The van der Waals surface area contributed by atoms with Crippen molar-refractivity contribution in [2.24, 2.45) is 13.0 Å². The summed E-state index contributed by atoms with van der Waals surface area (Å²) in [5.41, 5.74) is 0.484. The van der Waals surface area contributed by atoms with E-state index in [4.69, 9.17) is 0 Å². The molecule has 0 aliphatic carbocycles. The third kappa shape index (κ3) is 4.33. The van der Waals surface area contributed by atoms with Crippen LogP contribution in [0.4, 0.5) is 13.2 Å². The summed E-state index contributed by atoms with van der Waals surface area (Å²) in [5.74, 6) is -0.514. The smallest absolute Gasteiger partial charge is 0.334 e. The van der Waals surface area contributed by atoms with E-state index in [1.54, 1.807) is 0 Å². The van der Waals surface area contributed by atoms with E-state index in [1.807, 2.05) is 19.2 Å². The summed E-state index contributed by atoms with van der Waals surface area (Å²) in [5, 5.41) is 6.18. The van der Waals surface area contributed by atoms with Crippen molar-refractivity contribution in [3.63, 3.8) is 0 Å². The van der Waals surface area contributed by atoms with Crippen LogP contribution in [0.1, 0.15) is 41.8 Å². The van der Waals surface area contributed by atoms with Gasteiger partial charge in [-0.15, -0.1) is 0 Å². The van der Waals surface area contributed by atoms with Gasteiger partial charge in [0.05, 0.1) is 11.4 Å². The summed E-state index contributed by atoms with van der Waals surface area (Å²) in [6.45, 7) is 3.99. The molecule has 0 aromatic carbocycles. The predicted molar refractivity (Wildman–Crippen MR) is 82.2 cm³/mol. The van der Waals surface area contributed by atoms with Crippen molar-refractivity contribution in [2.45, 2.75) is 32.5 Å². The van der Waals surface area contributed by atoms with Crippen molar-refractivity contribution in [1.82, 2.24) is 20.1 Å². The third-order valence-corrected chi connectivity index (χ3v) is 3.37. The Morgan fingerprint density at radius 3 is 2.58 bits per heavy atom. The molecular formula is C16H19F3N4O. The number of aromatic nitrogens is 3. The Morgan fingerprint density at radius 1 is 1.33 bits per heavy atom. The van der Waals surface area contributed by atoms with Crippen LogP contribution in [0.15, 0.2) is 30.5 Å². The first-order valence-corrected chi connectivity index (χ1v) is 7.50. The molecule has 0 radical (unpaired) electrons. The zero-order valence-corrected chi connectivity index (χ0v) is 13.6. The number of aryl methyl sites for hydroxylation is 1. The Bertz CT molecular complexity index is 695. The highest BCUT2D eigenvalue weighted by molar-refractivity contribution is 5.93. The molecule has 0 aliphatic rings. The Hall–Kier alpha value is -2.38. The van der Waals surface area contributed by atoms with Crippen LogP contribution in [-0.2, 0) is 13.5 Å². The zero-order valence-electron chi connectivity index (χ0n) is 13.6. The highest BCUT2D eigenvalue weighted by Gasteiger charge is 2.43. The molecule has 0 fully saturated rings. The molecule has 1 amide bonds. The lowest BCUT2D eigenvalue weighted by molar-refractivity contribution is -0.156. The van der Waals surface area contributed by atoms with Gasteiger partial charge in [-0.05, 0) is 30.5 Å². The zero-order chi connectivity index (χ0) is 17.9. The molecule has 2 rings (SSSR count). The van der Waals surface area contributed by atoms with Crippen LogP contribution in [0.3, 0.4) is 0 Å². The van der Waals surface area contributed by atoms with E-state index in [2.05, 4.69) is 10.1 Å². The highest BCUT2D eigenvalue weighted by atomic mass is 19.4. The van der Waals surface area contributed by atoms with Crippen LogP contribution in [0.25, 0.3) is 0 Å². The fraction of sp³-hybridized carbons (Fsp3) is 0.438. The van der Waals surface area contributed by atoms with E-state index in [0.717, 1.165) is 0 Å². The second-order valence-electron chi connectivity index (χ2n) is 5.95. The van der Waals surface area contributed by atoms with Crippen molar-refractivity contribution in [3.8, 4) is 0 Å². The highest BCUT2D eigenvalue weighted by Crippen LogP contribution is 2.31. The molecule has 5 nitrogen and oxygen atoms in total. The molecule has 0 aliphatic heterocycles. The van der Waals surface area contributed by atoms with Crippen molar-refractivity contribution < 1.29 is 18.0 Å². The molecule has 2 heterocycles. The van der Waals surface area contributed by atoms with Gasteiger partial charge in [0.1, 0.15) is 5.69 Å². The Balaban J connectivity index is 2.24. The number of amides is 1. The molecular weight excluding hydrogens is 321 g/mol. The van der Waals surface area contributed by atoms with Gasteiger partial charge in [-0.3, -0.25) is 14.5 Å². The normalized spacial score (nSPS) is 13.1. The SMILES string of the molecule is CC(C)Cc1cc(C(=O)N[C@H](c2ccccn2)C(F)(F)F)n(C)n1. The number of hydrogen-bond acceptors (Lipinski definition) is 3. The molecule has 0 saturated heterocycles. The van der Waals surface area contributed by atoms with Crippen LogP contribution in [0, 0.1) is 5.92 Å². The van der Waals surface area contributed by atoms with Gasteiger partial charge < -0.3 is 5.32 Å². The maximum atomic E-state index is 13.3.